The molecule has 1 aliphatic heterocycles. The van der Waals surface area contributed by atoms with Gasteiger partial charge in [-0.2, -0.15) is 0 Å². The van der Waals surface area contributed by atoms with Gasteiger partial charge in [0.25, 0.3) is 0 Å². The Balaban J connectivity index is 2.28. The smallest absolute Gasteiger partial charge is 0.131 e. The summed E-state index contributed by atoms with van der Waals surface area (Å²) in [4.78, 5) is 0. The molecule has 0 aliphatic carbocycles. The van der Waals surface area contributed by atoms with Crippen LogP contribution in [0.15, 0.2) is 18.2 Å². The lowest BCUT2D eigenvalue weighted by Crippen LogP contribution is -2.24. The van der Waals surface area contributed by atoms with Crippen molar-refractivity contribution in [2.24, 2.45) is 0 Å². The van der Waals surface area contributed by atoms with Crippen LogP contribution >= 0.6 is 0 Å². The van der Waals surface area contributed by atoms with Crippen LogP contribution in [-0.4, -0.2) is 17.8 Å². The number of ether oxygens (including phenoxy) is 1. The Bertz CT molecular complexity index is 334. The fourth-order valence-electron chi connectivity index (χ4n) is 1.80. The molecular formula is C11H12F2O2. The standard InChI is InChI=1S/C11H12F2O2/c12-8-2-1-3-9(13)11(8)10-6-7(14)4-5-15-10/h1-3,7,10,14H,4-6H2. The molecule has 0 aromatic heterocycles. The van der Waals surface area contributed by atoms with E-state index in [1.807, 2.05) is 0 Å². The van der Waals surface area contributed by atoms with Crippen molar-refractivity contribution >= 4 is 0 Å². The zero-order chi connectivity index (χ0) is 10.8. The highest BCUT2D eigenvalue weighted by Crippen LogP contribution is 2.31. The van der Waals surface area contributed by atoms with Crippen LogP contribution in [0.25, 0.3) is 0 Å². The maximum atomic E-state index is 13.4. The maximum Gasteiger partial charge on any atom is 0.131 e. The summed E-state index contributed by atoms with van der Waals surface area (Å²) >= 11 is 0. The molecule has 4 heteroatoms. The second-order valence-corrected chi connectivity index (χ2v) is 3.67. The van der Waals surface area contributed by atoms with Gasteiger partial charge in [-0.05, 0) is 18.6 Å². The fourth-order valence-corrected chi connectivity index (χ4v) is 1.80. The highest BCUT2D eigenvalue weighted by Gasteiger charge is 2.27. The molecule has 1 aliphatic rings. The van der Waals surface area contributed by atoms with E-state index in [2.05, 4.69) is 0 Å². The molecule has 2 nitrogen and oxygen atoms in total. The summed E-state index contributed by atoms with van der Waals surface area (Å²) in [5, 5.41) is 9.40. The molecule has 1 fully saturated rings. The average Bonchev–Trinajstić information content (AvgIpc) is 2.17. The molecule has 0 bridgehead atoms. The van der Waals surface area contributed by atoms with Gasteiger partial charge in [0.15, 0.2) is 0 Å². The lowest BCUT2D eigenvalue weighted by Gasteiger charge is -2.27. The first-order valence-corrected chi connectivity index (χ1v) is 4.92. The number of halogens is 2. The Kier molecular flexibility index (Phi) is 2.98. The van der Waals surface area contributed by atoms with E-state index in [9.17, 15) is 13.9 Å². The van der Waals surface area contributed by atoms with E-state index in [1.165, 1.54) is 18.2 Å². The number of hydrogen-bond donors (Lipinski definition) is 1. The quantitative estimate of drug-likeness (QED) is 0.776. The van der Waals surface area contributed by atoms with Gasteiger partial charge in [-0.1, -0.05) is 6.07 Å². The number of rotatable bonds is 1. The van der Waals surface area contributed by atoms with Crippen LogP contribution in [0.1, 0.15) is 24.5 Å². The molecule has 2 unspecified atom stereocenters. The van der Waals surface area contributed by atoms with Crippen LogP contribution in [0.2, 0.25) is 0 Å². The molecule has 0 saturated carbocycles. The minimum absolute atomic E-state index is 0.0729. The predicted octanol–water partition coefficient (Wildman–Crippen LogP) is 2.18. The lowest BCUT2D eigenvalue weighted by molar-refractivity contribution is -0.0475. The Labute approximate surface area is 86.5 Å². The number of aliphatic hydroxyl groups excluding tert-OH is 1. The van der Waals surface area contributed by atoms with E-state index in [0.717, 1.165) is 0 Å². The highest BCUT2D eigenvalue weighted by molar-refractivity contribution is 5.22. The minimum Gasteiger partial charge on any atom is -0.393 e. The van der Waals surface area contributed by atoms with Crippen LogP contribution in [0.4, 0.5) is 8.78 Å². The third-order valence-electron chi connectivity index (χ3n) is 2.58. The van der Waals surface area contributed by atoms with Gasteiger partial charge in [-0.25, -0.2) is 8.78 Å². The number of hydrogen-bond acceptors (Lipinski definition) is 2. The Morgan fingerprint density at radius 1 is 1.27 bits per heavy atom. The van der Waals surface area contributed by atoms with Gasteiger partial charge in [-0.15, -0.1) is 0 Å². The normalized spacial score (nSPS) is 26.6. The summed E-state index contributed by atoms with van der Waals surface area (Å²) in [7, 11) is 0. The summed E-state index contributed by atoms with van der Waals surface area (Å²) in [5.74, 6) is -1.23. The number of benzene rings is 1. The van der Waals surface area contributed by atoms with Crippen LogP contribution in [0.5, 0.6) is 0 Å². The monoisotopic (exact) mass is 214 g/mol. The molecule has 0 spiro atoms. The van der Waals surface area contributed by atoms with Crippen molar-refractivity contribution in [1.82, 2.24) is 0 Å². The maximum absolute atomic E-state index is 13.4. The van der Waals surface area contributed by atoms with Gasteiger partial charge < -0.3 is 9.84 Å². The topological polar surface area (TPSA) is 29.5 Å². The molecule has 0 radical (unpaired) electrons. The highest BCUT2D eigenvalue weighted by atomic mass is 19.1. The van der Waals surface area contributed by atoms with E-state index in [-0.39, 0.29) is 12.0 Å². The molecule has 1 aromatic rings. The van der Waals surface area contributed by atoms with Gasteiger partial charge >= 0.3 is 0 Å². The average molecular weight is 214 g/mol. The number of aliphatic hydroxyl groups is 1. The summed E-state index contributed by atoms with van der Waals surface area (Å²) < 4.78 is 32.0. The molecule has 15 heavy (non-hydrogen) atoms. The third kappa shape index (κ3) is 2.16. The Morgan fingerprint density at radius 3 is 2.53 bits per heavy atom. The molecule has 82 valence electrons. The molecule has 1 N–H and O–H groups in total. The molecular weight excluding hydrogens is 202 g/mol. The van der Waals surface area contributed by atoms with E-state index in [0.29, 0.717) is 13.0 Å². The molecule has 2 atom stereocenters. The van der Waals surface area contributed by atoms with Gasteiger partial charge in [0.05, 0.1) is 17.8 Å². The second-order valence-electron chi connectivity index (χ2n) is 3.67. The van der Waals surface area contributed by atoms with Crippen molar-refractivity contribution in [3.63, 3.8) is 0 Å². The SMILES string of the molecule is OC1CCOC(c2c(F)cccc2F)C1. The van der Waals surface area contributed by atoms with Crippen molar-refractivity contribution < 1.29 is 18.6 Å². The largest absolute Gasteiger partial charge is 0.393 e. The van der Waals surface area contributed by atoms with Crippen molar-refractivity contribution in [3.8, 4) is 0 Å². The zero-order valence-corrected chi connectivity index (χ0v) is 8.12. The summed E-state index contributed by atoms with van der Waals surface area (Å²) in [6.07, 6.45) is -0.442. The van der Waals surface area contributed by atoms with Crippen LogP contribution in [0, 0.1) is 11.6 Å². The van der Waals surface area contributed by atoms with Crippen molar-refractivity contribution in [2.45, 2.75) is 25.0 Å². The summed E-state index contributed by atoms with van der Waals surface area (Å²) in [5.41, 5.74) is -0.0729. The molecule has 2 rings (SSSR count). The van der Waals surface area contributed by atoms with Crippen LogP contribution in [-0.2, 0) is 4.74 Å². The van der Waals surface area contributed by atoms with Crippen molar-refractivity contribution in [3.05, 3.63) is 35.4 Å². The summed E-state index contributed by atoms with van der Waals surface area (Å²) in [6, 6.07) is 3.71. The van der Waals surface area contributed by atoms with E-state index in [1.54, 1.807) is 0 Å². The van der Waals surface area contributed by atoms with Crippen LogP contribution < -0.4 is 0 Å². The van der Waals surface area contributed by atoms with Gasteiger partial charge in [0.1, 0.15) is 11.6 Å². The third-order valence-corrected chi connectivity index (χ3v) is 2.58. The Morgan fingerprint density at radius 2 is 1.93 bits per heavy atom. The predicted molar refractivity (Wildman–Crippen MR) is 50.3 cm³/mol. The van der Waals surface area contributed by atoms with Gasteiger partial charge in [0.2, 0.25) is 0 Å². The van der Waals surface area contributed by atoms with Crippen LogP contribution in [0.3, 0.4) is 0 Å². The second kappa shape index (κ2) is 4.24. The molecule has 1 saturated heterocycles. The molecule has 1 heterocycles. The van der Waals surface area contributed by atoms with E-state index >= 15 is 0 Å². The molecule has 0 amide bonds. The van der Waals surface area contributed by atoms with E-state index in [4.69, 9.17) is 4.74 Å². The van der Waals surface area contributed by atoms with Crippen molar-refractivity contribution in [1.29, 1.82) is 0 Å². The lowest BCUT2D eigenvalue weighted by atomic mass is 9.98. The first-order valence-electron chi connectivity index (χ1n) is 4.92. The van der Waals surface area contributed by atoms with Gasteiger partial charge in [0, 0.05) is 13.0 Å². The summed E-state index contributed by atoms with van der Waals surface area (Å²) in [6.45, 7) is 0.333. The van der Waals surface area contributed by atoms with Crippen molar-refractivity contribution in [2.75, 3.05) is 6.61 Å². The van der Waals surface area contributed by atoms with E-state index < -0.39 is 23.8 Å². The first kappa shape index (κ1) is 10.5. The van der Waals surface area contributed by atoms with Gasteiger partial charge in [-0.3, -0.25) is 0 Å². The fraction of sp³-hybridized carbons (Fsp3) is 0.455. The zero-order valence-electron chi connectivity index (χ0n) is 8.12. The molecule has 1 aromatic carbocycles. The minimum atomic E-state index is -0.671. The first-order chi connectivity index (χ1) is 7.18. The Hall–Kier alpha value is -1.00.